The largest absolute Gasteiger partial charge is 0.298 e. The molecule has 1 unspecified atom stereocenters. The van der Waals surface area contributed by atoms with Crippen molar-refractivity contribution in [3.05, 3.63) is 33.8 Å². The van der Waals surface area contributed by atoms with Gasteiger partial charge in [0, 0.05) is 10.0 Å². The summed E-state index contributed by atoms with van der Waals surface area (Å²) in [6, 6.07) is 4.65. The van der Waals surface area contributed by atoms with Crippen molar-refractivity contribution in [2.75, 3.05) is 6.54 Å². The highest BCUT2D eigenvalue weighted by Crippen LogP contribution is 2.23. The maximum atomic E-state index is 11.9. The number of halogens is 2. The van der Waals surface area contributed by atoms with E-state index in [1.165, 1.54) is 4.90 Å². The lowest BCUT2D eigenvalue weighted by molar-refractivity contribution is -0.149. The van der Waals surface area contributed by atoms with Gasteiger partial charge < -0.3 is 0 Å². The number of hydrogen-bond donors (Lipinski definition) is 1. The maximum Gasteiger partial charge on any atom is 0.246 e. The van der Waals surface area contributed by atoms with Gasteiger partial charge in [-0.15, -0.1) is 0 Å². The summed E-state index contributed by atoms with van der Waals surface area (Å²) in [5.41, 5.74) is 0.705. The highest BCUT2D eigenvalue weighted by molar-refractivity contribution is 6.35. The van der Waals surface area contributed by atoms with Crippen molar-refractivity contribution in [3.63, 3.8) is 0 Å². The van der Waals surface area contributed by atoms with E-state index in [1.807, 2.05) is 0 Å². The van der Waals surface area contributed by atoms with Crippen LogP contribution < -0.4 is 5.32 Å². The summed E-state index contributed by atoms with van der Waals surface area (Å²) in [6.45, 7) is 2.07. The minimum Gasteiger partial charge on any atom is -0.298 e. The highest BCUT2D eigenvalue weighted by atomic mass is 35.5. The fourth-order valence-electron chi connectivity index (χ4n) is 1.77. The molecule has 6 heteroatoms. The van der Waals surface area contributed by atoms with E-state index in [1.54, 1.807) is 25.1 Å². The van der Waals surface area contributed by atoms with Gasteiger partial charge >= 0.3 is 0 Å². The molecule has 2 rings (SSSR count). The molecular formula is C12H12Cl2N2O2. The van der Waals surface area contributed by atoms with Gasteiger partial charge in [-0.05, 0) is 24.6 Å². The predicted molar refractivity (Wildman–Crippen MR) is 69.5 cm³/mol. The van der Waals surface area contributed by atoms with Crippen molar-refractivity contribution in [1.82, 2.24) is 10.2 Å². The average Bonchev–Trinajstić information content (AvgIpc) is 2.32. The molecular weight excluding hydrogens is 275 g/mol. The van der Waals surface area contributed by atoms with E-state index in [-0.39, 0.29) is 30.9 Å². The first kappa shape index (κ1) is 13.3. The minimum absolute atomic E-state index is 0.165. The molecule has 4 nitrogen and oxygen atoms in total. The summed E-state index contributed by atoms with van der Waals surface area (Å²) in [5, 5.41) is 3.80. The first-order valence-corrected chi connectivity index (χ1v) is 6.26. The van der Waals surface area contributed by atoms with E-state index in [0.29, 0.717) is 15.6 Å². The van der Waals surface area contributed by atoms with Gasteiger partial charge in [0.15, 0.2) is 0 Å². The quantitative estimate of drug-likeness (QED) is 0.844. The van der Waals surface area contributed by atoms with Gasteiger partial charge in [0.2, 0.25) is 11.8 Å². The van der Waals surface area contributed by atoms with Gasteiger partial charge in [-0.3, -0.25) is 19.8 Å². The Morgan fingerprint density at radius 2 is 2.11 bits per heavy atom. The van der Waals surface area contributed by atoms with E-state index >= 15 is 0 Å². The van der Waals surface area contributed by atoms with E-state index in [2.05, 4.69) is 5.32 Å². The fourth-order valence-corrected chi connectivity index (χ4v) is 2.23. The molecule has 96 valence electrons. The number of rotatable bonds is 2. The Kier molecular flexibility index (Phi) is 3.90. The fraction of sp³-hybridized carbons (Fsp3) is 0.333. The normalized spacial score (nSPS) is 20.4. The molecule has 0 saturated carbocycles. The van der Waals surface area contributed by atoms with Crippen LogP contribution in [0.4, 0.5) is 0 Å². The standard InChI is InChI=1S/C12H12Cl2N2O2/c1-7-12(18)16(11(17)5-15-7)6-8-2-3-9(13)4-10(8)14/h2-4,7,15H,5-6H2,1H3. The molecule has 1 fully saturated rings. The van der Waals surface area contributed by atoms with E-state index in [0.717, 1.165) is 0 Å². The van der Waals surface area contributed by atoms with Gasteiger partial charge in [0.1, 0.15) is 0 Å². The Balaban J connectivity index is 2.21. The lowest BCUT2D eigenvalue weighted by Gasteiger charge is -2.30. The Morgan fingerprint density at radius 1 is 1.39 bits per heavy atom. The highest BCUT2D eigenvalue weighted by Gasteiger charge is 2.31. The SMILES string of the molecule is CC1NCC(=O)N(Cc2ccc(Cl)cc2Cl)C1=O. The van der Waals surface area contributed by atoms with Gasteiger partial charge in [0.05, 0.1) is 19.1 Å². The van der Waals surface area contributed by atoms with Crippen molar-refractivity contribution in [2.45, 2.75) is 19.5 Å². The minimum atomic E-state index is -0.353. The summed E-state index contributed by atoms with van der Waals surface area (Å²) in [4.78, 5) is 24.8. The number of imide groups is 1. The Bertz CT molecular complexity index is 505. The zero-order valence-electron chi connectivity index (χ0n) is 9.74. The molecule has 1 saturated heterocycles. The summed E-state index contributed by atoms with van der Waals surface area (Å²) in [5.74, 6) is -0.485. The monoisotopic (exact) mass is 286 g/mol. The number of carbonyl (C=O) groups is 2. The molecule has 1 aliphatic rings. The van der Waals surface area contributed by atoms with Gasteiger partial charge in [-0.2, -0.15) is 0 Å². The summed E-state index contributed by atoms with van der Waals surface area (Å²) >= 11 is 11.8. The molecule has 1 aromatic carbocycles. The zero-order valence-corrected chi connectivity index (χ0v) is 11.3. The summed E-state index contributed by atoms with van der Waals surface area (Å²) in [7, 11) is 0. The molecule has 0 radical (unpaired) electrons. The topological polar surface area (TPSA) is 49.4 Å². The number of carbonyl (C=O) groups excluding carboxylic acids is 2. The van der Waals surface area contributed by atoms with Gasteiger partial charge in [-0.25, -0.2) is 0 Å². The van der Waals surface area contributed by atoms with E-state index < -0.39 is 0 Å². The molecule has 1 heterocycles. The number of nitrogens with one attached hydrogen (secondary N) is 1. The molecule has 0 aromatic heterocycles. The van der Waals surface area contributed by atoms with Gasteiger partial charge in [-0.1, -0.05) is 29.3 Å². The molecule has 0 bridgehead atoms. The molecule has 1 aromatic rings. The summed E-state index contributed by atoms with van der Waals surface area (Å²) < 4.78 is 0. The number of amides is 2. The van der Waals surface area contributed by atoms with Crippen LogP contribution in [0.5, 0.6) is 0 Å². The molecule has 2 amide bonds. The van der Waals surface area contributed by atoms with Crippen LogP contribution in [-0.2, 0) is 16.1 Å². The maximum absolute atomic E-state index is 11.9. The van der Waals surface area contributed by atoms with E-state index in [4.69, 9.17) is 23.2 Å². The van der Waals surface area contributed by atoms with Crippen molar-refractivity contribution >= 4 is 35.0 Å². The third-order valence-electron chi connectivity index (χ3n) is 2.84. The number of hydrogen-bond acceptors (Lipinski definition) is 3. The summed E-state index contributed by atoms with van der Waals surface area (Å²) in [6.07, 6.45) is 0. The number of benzene rings is 1. The van der Waals surface area contributed by atoms with Crippen LogP contribution in [0.3, 0.4) is 0 Å². The second-order valence-corrected chi connectivity index (χ2v) is 5.00. The van der Waals surface area contributed by atoms with Crippen LogP contribution in [0, 0.1) is 0 Å². The smallest absolute Gasteiger partial charge is 0.246 e. The number of nitrogens with zero attached hydrogens (tertiary/aromatic N) is 1. The third-order valence-corrected chi connectivity index (χ3v) is 3.43. The lowest BCUT2D eigenvalue weighted by atomic mass is 10.1. The van der Waals surface area contributed by atoms with Crippen molar-refractivity contribution in [3.8, 4) is 0 Å². The van der Waals surface area contributed by atoms with Gasteiger partial charge in [0.25, 0.3) is 0 Å². The lowest BCUT2D eigenvalue weighted by Crippen LogP contribution is -2.56. The Labute approximate surface area is 115 Å². The van der Waals surface area contributed by atoms with Crippen LogP contribution in [0.15, 0.2) is 18.2 Å². The van der Waals surface area contributed by atoms with Crippen molar-refractivity contribution in [1.29, 1.82) is 0 Å². The zero-order chi connectivity index (χ0) is 13.3. The molecule has 0 spiro atoms. The van der Waals surface area contributed by atoms with Crippen LogP contribution in [0.1, 0.15) is 12.5 Å². The van der Waals surface area contributed by atoms with Crippen LogP contribution in [-0.4, -0.2) is 29.3 Å². The first-order valence-electron chi connectivity index (χ1n) is 5.50. The molecule has 0 aliphatic carbocycles. The Hall–Kier alpha value is -1.10. The number of piperazine rings is 1. The van der Waals surface area contributed by atoms with Crippen molar-refractivity contribution in [2.24, 2.45) is 0 Å². The Morgan fingerprint density at radius 3 is 2.78 bits per heavy atom. The second-order valence-electron chi connectivity index (χ2n) is 4.16. The third kappa shape index (κ3) is 2.66. The molecule has 1 N–H and O–H groups in total. The molecule has 18 heavy (non-hydrogen) atoms. The van der Waals surface area contributed by atoms with Crippen LogP contribution in [0.25, 0.3) is 0 Å². The van der Waals surface area contributed by atoms with Crippen LogP contribution in [0.2, 0.25) is 10.0 Å². The first-order chi connectivity index (χ1) is 8.49. The van der Waals surface area contributed by atoms with E-state index in [9.17, 15) is 9.59 Å². The van der Waals surface area contributed by atoms with Crippen LogP contribution >= 0.6 is 23.2 Å². The molecule has 1 aliphatic heterocycles. The average molecular weight is 287 g/mol. The second kappa shape index (κ2) is 5.26. The molecule has 1 atom stereocenters. The predicted octanol–water partition coefficient (Wildman–Crippen LogP) is 1.84. The van der Waals surface area contributed by atoms with Crippen molar-refractivity contribution < 1.29 is 9.59 Å².